The predicted octanol–water partition coefficient (Wildman–Crippen LogP) is 4.14. The van der Waals surface area contributed by atoms with Gasteiger partial charge in [0, 0.05) is 11.1 Å². The number of phenols is 3. The van der Waals surface area contributed by atoms with Gasteiger partial charge in [0.05, 0.1) is 0 Å². The van der Waals surface area contributed by atoms with Crippen LogP contribution in [0.5, 0.6) is 17.2 Å². The van der Waals surface area contributed by atoms with Crippen molar-refractivity contribution in [1.29, 1.82) is 0 Å². The molecule has 104 valence electrons. The molecular formula is C18H14O3. The Bertz CT molecular complexity index is 762. The molecule has 0 saturated carbocycles. The number of benzene rings is 3. The molecule has 0 aliphatic heterocycles. The lowest BCUT2D eigenvalue weighted by Crippen LogP contribution is -1.84. The van der Waals surface area contributed by atoms with Crippen LogP contribution in [-0.2, 0) is 0 Å². The third-order valence-corrected chi connectivity index (χ3v) is 3.41. The standard InChI is InChI=1S/C18H14O3/c19-14-8-6-13(7-9-14)16-11-10-15(17(20)18(16)21)12-4-2-1-3-5-12/h1-11,19-21H. The molecule has 0 aliphatic rings. The van der Waals surface area contributed by atoms with E-state index in [1.165, 1.54) is 12.1 Å². The van der Waals surface area contributed by atoms with Crippen LogP contribution in [0.1, 0.15) is 0 Å². The normalized spacial score (nSPS) is 10.5. The first-order valence-electron chi connectivity index (χ1n) is 6.56. The van der Waals surface area contributed by atoms with E-state index in [-0.39, 0.29) is 17.2 Å². The molecule has 3 N–H and O–H groups in total. The molecule has 0 aliphatic carbocycles. The van der Waals surface area contributed by atoms with Crippen LogP contribution in [0.4, 0.5) is 0 Å². The van der Waals surface area contributed by atoms with Crippen molar-refractivity contribution in [3.8, 4) is 39.5 Å². The fourth-order valence-electron chi connectivity index (χ4n) is 2.30. The quantitative estimate of drug-likeness (QED) is 0.617. The van der Waals surface area contributed by atoms with Gasteiger partial charge in [-0.25, -0.2) is 0 Å². The van der Waals surface area contributed by atoms with Crippen molar-refractivity contribution in [3.63, 3.8) is 0 Å². The smallest absolute Gasteiger partial charge is 0.166 e. The average molecular weight is 278 g/mol. The summed E-state index contributed by atoms with van der Waals surface area (Å²) in [5.41, 5.74) is 2.66. The molecule has 0 fully saturated rings. The van der Waals surface area contributed by atoms with E-state index in [2.05, 4.69) is 0 Å². The first-order chi connectivity index (χ1) is 10.2. The first kappa shape index (κ1) is 13.1. The number of rotatable bonds is 2. The van der Waals surface area contributed by atoms with Crippen LogP contribution in [0.3, 0.4) is 0 Å². The van der Waals surface area contributed by atoms with Gasteiger partial charge >= 0.3 is 0 Å². The Labute approximate surface area is 122 Å². The first-order valence-corrected chi connectivity index (χ1v) is 6.56. The Balaban J connectivity index is 2.11. The summed E-state index contributed by atoms with van der Waals surface area (Å²) in [4.78, 5) is 0. The molecule has 0 aromatic heterocycles. The second-order valence-corrected chi connectivity index (χ2v) is 4.77. The van der Waals surface area contributed by atoms with E-state index < -0.39 is 0 Å². The van der Waals surface area contributed by atoms with Crippen LogP contribution in [0, 0.1) is 0 Å². The van der Waals surface area contributed by atoms with Gasteiger partial charge in [-0.05, 0) is 35.4 Å². The molecule has 0 bridgehead atoms. The van der Waals surface area contributed by atoms with E-state index in [0.29, 0.717) is 11.1 Å². The Kier molecular flexibility index (Phi) is 3.24. The van der Waals surface area contributed by atoms with Gasteiger partial charge in [-0.3, -0.25) is 0 Å². The summed E-state index contributed by atoms with van der Waals surface area (Å²) in [6.45, 7) is 0. The van der Waals surface area contributed by atoms with E-state index in [9.17, 15) is 15.3 Å². The second kappa shape index (κ2) is 5.21. The molecule has 3 aromatic rings. The predicted molar refractivity (Wildman–Crippen MR) is 82.3 cm³/mol. The number of hydrogen-bond donors (Lipinski definition) is 3. The SMILES string of the molecule is Oc1ccc(-c2ccc(-c3ccccc3)c(O)c2O)cc1. The van der Waals surface area contributed by atoms with E-state index >= 15 is 0 Å². The zero-order valence-electron chi connectivity index (χ0n) is 11.2. The minimum Gasteiger partial charge on any atom is -0.508 e. The highest BCUT2D eigenvalue weighted by Gasteiger charge is 2.14. The molecule has 0 unspecified atom stereocenters. The fraction of sp³-hybridized carbons (Fsp3) is 0. The maximum atomic E-state index is 10.2. The van der Waals surface area contributed by atoms with Gasteiger partial charge in [0.2, 0.25) is 0 Å². The molecule has 0 radical (unpaired) electrons. The Hall–Kier alpha value is -2.94. The van der Waals surface area contributed by atoms with Crippen LogP contribution in [-0.4, -0.2) is 15.3 Å². The van der Waals surface area contributed by atoms with Crippen LogP contribution < -0.4 is 0 Å². The van der Waals surface area contributed by atoms with Crippen molar-refractivity contribution >= 4 is 0 Å². The van der Waals surface area contributed by atoms with Crippen LogP contribution in [0.2, 0.25) is 0 Å². The largest absolute Gasteiger partial charge is 0.508 e. The Morgan fingerprint density at radius 1 is 0.476 bits per heavy atom. The molecule has 21 heavy (non-hydrogen) atoms. The van der Waals surface area contributed by atoms with Gasteiger partial charge in [0.15, 0.2) is 11.5 Å². The highest BCUT2D eigenvalue weighted by Crippen LogP contribution is 2.43. The summed E-state index contributed by atoms with van der Waals surface area (Å²) in [7, 11) is 0. The zero-order chi connectivity index (χ0) is 14.8. The molecule has 0 heterocycles. The van der Waals surface area contributed by atoms with E-state index in [1.807, 2.05) is 30.3 Å². The summed E-state index contributed by atoms with van der Waals surface area (Å²) in [6.07, 6.45) is 0. The molecule has 3 nitrogen and oxygen atoms in total. The lowest BCUT2D eigenvalue weighted by atomic mass is 9.98. The third-order valence-electron chi connectivity index (χ3n) is 3.41. The lowest BCUT2D eigenvalue weighted by molar-refractivity contribution is 0.406. The number of aromatic hydroxyl groups is 3. The van der Waals surface area contributed by atoms with Crippen LogP contribution >= 0.6 is 0 Å². The summed E-state index contributed by atoms with van der Waals surface area (Å²) in [6, 6.07) is 19.4. The van der Waals surface area contributed by atoms with Gasteiger partial charge < -0.3 is 15.3 Å². The van der Waals surface area contributed by atoms with Gasteiger partial charge in [-0.1, -0.05) is 42.5 Å². The lowest BCUT2D eigenvalue weighted by Gasteiger charge is -2.11. The fourth-order valence-corrected chi connectivity index (χ4v) is 2.30. The molecule has 3 aromatic carbocycles. The maximum Gasteiger partial charge on any atom is 0.166 e. The number of phenolic OH excluding ortho intramolecular Hbond substituents is 3. The molecule has 3 heteroatoms. The topological polar surface area (TPSA) is 60.7 Å². The molecule has 0 atom stereocenters. The molecular weight excluding hydrogens is 264 g/mol. The molecule has 0 spiro atoms. The van der Waals surface area contributed by atoms with Gasteiger partial charge in [-0.2, -0.15) is 0 Å². The van der Waals surface area contributed by atoms with Crippen molar-refractivity contribution in [1.82, 2.24) is 0 Å². The van der Waals surface area contributed by atoms with Crippen LogP contribution in [0.15, 0.2) is 66.7 Å². The minimum atomic E-state index is -0.165. The zero-order valence-corrected chi connectivity index (χ0v) is 11.2. The van der Waals surface area contributed by atoms with Crippen molar-refractivity contribution in [3.05, 3.63) is 66.7 Å². The second-order valence-electron chi connectivity index (χ2n) is 4.77. The summed E-state index contributed by atoms with van der Waals surface area (Å²) in [5.74, 6) is -0.155. The summed E-state index contributed by atoms with van der Waals surface area (Å²) >= 11 is 0. The Morgan fingerprint density at radius 3 is 1.48 bits per heavy atom. The summed E-state index contributed by atoms with van der Waals surface area (Å²) in [5, 5.41) is 29.8. The van der Waals surface area contributed by atoms with Gasteiger partial charge in [0.1, 0.15) is 5.75 Å². The maximum absolute atomic E-state index is 10.2. The van der Waals surface area contributed by atoms with Crippen molar-refractivity contribution in [2.24, 2.45) is 0 Å². The summed E-state index contributed by atoms with van der Waals surface area (Å²) < 4.78 is 0. The van der Waals surface area contributed by atoms with Gasteiger partial charge in [0.25, 0.3) is 0 Å². The van der Waals surface area contributed by atoms with Gasteiger partial charge in [-0.15, -0.1) is 0 Å². The third kappa shape index (κ3) is 2.41. The monoisotopic (exact) mass is 278 g/mol. The van der Waals surface area contributed by atoms with E-state index in [0.717, 1.165) is 11.1 Å². The van der Waals surface area contributed by atoms with E-state index in [1.54, 1.807) is 24.3 Å². The van der Waals surface area contributed by atoms with Crippen molar-refractivity contribution in [2.45, 2.75) is 0 Å². The van der Waals surface area contributed by atoms with Crippen molar-refractivity contribution < 1.29 is 15.3 Å². The van der Waals surface area contributed by atoms with Crippen molar-refractivity contribution in [2.75, 3.05) is 0 Å². The highest BCUT2D eigenvalue weighted by atomic mass is 16.3. The number of hydrogen-bond acceptors (Lipinski definition) is 3. The highest BCUT2D eigenvalue weighted by molar-refractivity contribution is 5.82. The van der Waals surface area contributed by atoms with E-state index in [4.69, 9.17) is 0 Å². The Morgan fingerprint density at radius 2 is 0.952 bits per heavy atom. The molecule has 0 amide bonds. The average Bonchev–Trinajstić information content (AvgIpc) is 2.52. The van der Waals surface area contributed by atoms with Crippen LogP contribution in [0.25, 0.3) is 22.3 Å². The molecule has 0 saturated heterocycles. The minimum absolute atomic E-state index is 0.147. The molecule has 3 rings (SSSR count).